The lowest BCUT2D eigenvalue weighted by molar-refractivity contribution is 0.290. The van der Waals surface area contributed by atoms with Crippen molar-refractivity contribution in [1.82, 2.24) is 14.9 Å². The molecule has 0 saturated heterocycles. The van der Waals surface area contributed by atoms with E-state index < -0.39 is 0 Å². The van der Waals surface area contributed by atoms with Gasteiger partial charge in [-0.05, 0) is 25.8 Å². The van der Waals surface area contributed by atoms with Crippen LogP contribution >= 0.6 is 0 Å². The molecule has 3 heteroatoms. The minimum Gasteiger partial charge on any atom is -0.338 e. The fraction of sp³-hybridized carbons (Fsp3) is 0.800. The van der Waals surface area contributed by atoms with Crippen LogP contribution in [0, 0.1) is 5.92 Å². The largest absolute Gasteiger partial charge is 0.338 e. The number of nitrogens with zero attached hydrogens (tertiary/aromatic N) is 2. The van der Waals surface area contributed by atoms with Crippen molar-refractivity contribution in [2.24, 2.45) is 13.0 Å². The molecule has 1 aromatic heterocycles. The minimum atomic E-state index is 0.587. The van der Waals surface area contributed by atoms with Crippen LogP contribution in [0.1, 0.15) is 50.8 Å². The van der Waals surface area contributed by atoms with Crippen LogP contribution < -0.4 is 5.32 Å². The highest BCUT2D eigenvalue weighted by atomic mass is 15.0. The fourth-order valence-electron chi connectivity index (χ4n) is 3.18. The highest BCUT2D eigenvalue weighted by Gasteiger charge is 2.22. The summed E-state index contributed by atoms with van der Waals surface area (Å²) in [6.07, 6.45) is 14.9. The number of likely N-dealkylation sites (N-methyl/N-ethyl adjacent to an activating group) is 1. The Morgan fingerprint density at radius 2 is 1.94 bits per heavy atom. The summed E-state index contributed by atoms with van der Waals surface area (Å²) in [7, 11) is 4.19. The molecule has 1 heterocycles. The molecule has 1 unspecified atom stereocenters. The van der Waals surface area contributed by atoms with Crippen molar-refractivity contribution in [1.29, 1.82) is 0 Å². The fourth-order valence-corrected chi connectivity index (χ4v) is 3.18. The van der Waals surface area contributed by atoms with Gasteiger partial charge < -0.3 is 9.88 Å². The van der Waals surface area contributed by atoms with Gasteiger partial charge in [0.05, 0.1) is 0 Å². The van der Waals surface area contributed by atoms with Gasteiger partial charge in [-0.25, -0.2) is 4.98 Å². The summed E-state index contributed by atoms with van der Waals surface area (Å²) < 4.78 is 2.15. The van der Waals surface area contributed by atoms with Crippen LogP contribution in [0.2, 0.25) is 0 Å². The maximum Gasteiger partial charge on any atom is 0.109 e. The molecular formula is C15H27N3. The Labute approximate surface area is 111 Å². The molecule has 1 saturated carbocycles. The van der Waals surface area contributed by atoms with Crippen molar-refractivity contribution >= 4 is 0 Å². The van der Waals surface area contributed by atoms with Crippen LogP contribution in [0.3, 0.4) is 0 Å². The van der Waals surface area contributed by atoms with Crippen LogP contribution in [0.4, 0.5) is 0 Å². The van der Waals surface area contributed by atoms with Crippen LogP contribution in [-0.4, -0.2) is 22.6 Å². The third-order valence-electron chi connectivity index (χ3n) is 4.41. The molecule has 102 valence electrons. The summed E-state index contributed by atoms with van der Waals surface area (Å²) >= 11 is 0. The molecule has 0 aliphatic heterocycles. The van der Waals surface area contributed by atoms with Gasteiger partial charge in [0.1, 0.15) is 5.82 Å². The minimum absolute atomic E-state index is 0.587. The van der Waals surface area contributed by atoms with Crippen LogP contribution in [0.25, 0.3) is 0 Å². The van der Waals surface area contributed by atoms with E-state index in [-0.39, 0.29) is 0 Å². The first kappa shape index (κ1) is 13.6. The van der Waals surface area contributed by atoms with E-state index in [2.05, 4.69) is 29.0 Å². The molecule has 3 nitrogen and oxygen atoms in total. The normalized spacial score (nSPS) is 20.3. The number of imidazole rings is 1. The molecule has 0 radical (unpaired) electrons. The van der Waals surface area contributed by atoms with E-state index >= 15 is 0 Å². The number of aromatic nitrogens is 2. The second-order valence-electron chi connectivity index (χ2n) is 5.66. The van der Waals surface area contributed by atoms with E-state index in [1.165, 1.54) is 50.8 Å². The first-order valence-electron chi connectivity index (χ1n) is 7.44. The maximum absolute atomic E-state index is 4.46. The van der Waals surface area contributed by atoms with E-state index in [9.17, 15) is 0 Å². The van der Waals surface area contributed by atoms with Gasteiger partial charge in [-0.3, -0.25) is 0 Å². The Hall–Kier alpha value is -0.830. The summed E-state index contributed by atoms with van der Waals surface area (Å²) in [4.78, 5) is 4.46. The van der Waals surface area contributed by atoms with Crippen molar-refractivity contribution in [2.75, 3.05) is 7.05 Å². The van der Waals surface area contributed by atoms with Gasteiger partial charge in [0, 0.05) is 31.9 Å². The molecule has 0 bridgehead atoms. The summed E-state index contributed by atoms with van der Waals surface area (Å²) in [6, 6.07) is 0.587. The molecule has 18 heavy (non-hydrogen) atoms. The third kappa shape index (κ3) is 3.58. The molecule has 0 amide bonds. The number of nitrogens with one attached hydrogen (secondary N) is 1. The first-order chi connectivity index (χ1) is 8.81. The molecule has 1 aliphatic rings. The van der Waals surface area contributed by atoms with Gasteiger partial charge in [0.15, 0.2) is 0 Å². The zero-order valence-corrected chi connectivity index (χ0v) is 11.9. The van der Waals surface area contributed by atoms with E-state index in [1.807, 2.05) is 12.4 Å². The van der Waals surface area contributed by atoms with Gasteiger partial charge in [-0.1, -0.05) is 32.1 Å². The monoisotopic (exact) mass is 249 g/mol. The summed E-state index contributed by atoms with van der Waals surface area (Å²) in [5.74, 6) is 2.03. The molecular weight excluding hydrogens is 222 g/mol. The second kappa shape index (κ2) is 6.93. The molecule has 0 aromatic carbocycles. The van der Waals surface area contributed by atoms with Crippen LogP contribution in [0.15, 0.2) is 12.4 Å². The zero-order chi connectivity index (χ0) is 12.8. The molecule has 1 fully saturated rings. The quantitative estimate of drug-likeness (QED) is 0.889. The Kier molecular flexibility index (Phi) is 5.24. The SMILES string of the molecule is CNC(Cc1nccn1C)C1CCCCCCC1. The number of aryl methyl sites for hydroxylation is 1. The summed E-state index contributed by atoms with van der Waals surface area (Å²) in [6.45, 7) is 0. The lowest BCUT2D eigenvalue weighted by Crippen LogP contribution is -2.36. The van der Waals surface area contributed by atoms with Gasteiger partial charge in [-0.2, -0.15) is 0 Å². The summed E-state index contributed by atoms with van der Waals surface area (Å²) in [5, 5.41) is 3.53. The van der Waals surface area contributed by atoms with Crippen molar-refractivity contribution in [3.63, 3.8) is 0 Å². The van der Waals surface area contributed by atoms with Gasteiger partial charge >= 0.3 is 0 Å². The predicted molar refractivity (Wildman–Crippen MR) is 75.6 cm³/mol. The molecule has 1 aliphatic carbocycles. The van der Waals surface area contributed by atoms with Crippen molar-refractivity contribution in [3.8, 4) is 0 Å². The third-order valence-corrected chi connectivity index (χ3v) is 4.41. The van der Waals surface area contributed by atoms with Crippen molar-refractivity contribution < 1.29 is 0 Å². The van der Waals surface area contributed by atoms with Crippen LogP contribution in [-0.2, 0) is 13.5 Å². The van der Waals surface area contributed by atoms with Gasteiger partial charge in [0.25, 0.3) is 0 Å². The van der Waals surface area contributed by atoms with E-state index in [0.717, 1.165) is 12.3 Å². The molecule has 2 rings (SSSR count). The zero-order valence-electron chi connectivity index (χ0n) is 11.9. The average molecular weight is 249 g/mol. The number of hydrogen-bond acceptors (Lipinski definition) is 2. The summed E-state index contributed by atoms with van der Waals surface area (Å²) in [5.41, 5.74) is 0. The maximum atomic E-state index is 4.46. The van der Waals surface area contributed by atoms with E-state index in [1.54, 1.807) is 0 Å². The average Bonchev–Trinajstić information content (AvgIpc) is 2.72. The molecule has 0 spiro atoms. The Morgan fingerprint density at radius 1 is 1.28 bits per heavy atom. The lowest BCUT2D eigenvalue weighted by atomic mass is 9.84. The Balaban J connectivity index is 1.95. The Bertz CT molecular complexity index is 337. The lowest BCUT2D eigenvalue weighted by Gasteiger charge is -2.28. The van der Waals surface area contributed by atoms with Crippen molar-refractivity contribution in [2.45, 2.75) is 57.4 Å². The molecule has 1 atom stereocenters. The highest BCUT2D eigenvalue weighted by molar-refractivity contribution is 4.96. The number of hydrogen-bond donors (Lipinski definition) is 1. The van der Waals surface area contributed by atoms with Gasteiger partial charge in [-0.15, -0.1) is 0 Å². The van der Waals surface area contributed by atoms with Crippen LogP contribution in [0.5, 0.6) is 0 Å². The Morgan fingerprint density at radius 3 is 2.50 bits per heavy atom. The second-order valence-corrected chi connectivity index (χ2v) is 5.66. The standard InChI is InChI=1S/C15H27N3/c1-16-14(12-15-17-10-11-18(15)2)13-8-6-4-3-5-7-9-13/h10-11,13-14,16H,3-9,12H2,1-2H3. The van der Waals surface area contributed by atoms with E-state index in [4.69, 9.17) is 0 Å². The topological polar surface area (TPSA) is 29.9 Å². The van der Waals surface area contributed by atoms with Gasteiger partial charge in [0.2, 0.25) is 0 Å². The molecule has 1 aromatic rings. The van der Waals surface area contributed by atoms with Crippen molar-refractivity contribution in [3.05, 3.63) is 18.2 Å². The predicted octanol–water partition coefficient (Wildman–Crippen LogP) is 2.91. The molecule has 1 N–H and O–H groups in total. The van der Waals surface area contributed by atoms with E-state index in [0.29, 0.717) is 6.04 Å². The first-order valence-corrected chi connectivity index (χ1v) is 7.44. The number of rotatable bonds is 4. The smallest absolute Gasteiger partial charge is 0.109 e. The highest BCUT2D eigenvalue weighted by Crippen LogP contribution is 2.26.